The van der Waals surface area contributed by atoms with Gasteiger partial charge in [-0.05, 0) is 42.5 Å². The van der Waals surface area contributed by atoms with Crippen LogP contribution in [0, 0.1) is 11.3 Å². The minimum absolute atomic E-state index is 0.376. The summed E-state index contributed by atoms with van der Waals surface area (Å²) in [6, 6.07) is 14.1. The number of carbonyl (C=O) groups excluding carboxylic acids is 1. The molecule has 0 heterocycles. The minimum atomic E-state index is -0.454. The predicted molar refractivity (Wildman–Crippen MR) is 78.8 cm³/mol. The lowest BCUT2D eigenvalue weighted by Gasteiger charge is -2.12. The Hall–Kier alpha value is -3.00. The number of nitrogens with one attached hydrogen (secondary N) is 1. The number of rotatable bonds is 4. The Morgan fingerprint density at radius 1 is 1.14 bits per heavy atom. The third-order valence-corrected chi connectivity index (χ3v) is 2.93. The fourth-order valence-electron chi connectivity index (χ4n) is 1.82. The van der Waals surface area contributed by atoms with Crippen molar-refractivity contribution >= 4 is 17.3 Å². The average Bonchev–Trinajstić information content (AvgIpc) is 2.55. The van der Waals surface area contributed by atoms with Gasteiger partial charge in [0.1, 0.15) is 5.75 Å². The smallest absolute Gasteiger partial charge is 0.340 e. The molecule has 0 aromatic heterocycles. The third-order valence-electron chi connectivity index (χ3n) is 2.93. The number of anilines is 2. The Balaban J connectivity index is 2.34. The quantitative estimate of drug-likeness (QED) is 0.872. The van der Waals surface area contributed by atoms with Crippen molar-refractivity contribution in [3.8, 4) is 11.8 Å². The van der Waals surface area contributed by atoms with Gasteiger partial charge >= 0.3 is 5.97 Å². The van der Waals surface area contributed by atoms with Crippen molar-refractivity contribution in [1.29, 1.82) is 5.26 Å². The van der Waals surface area contributed by atoms with Gasteiger partial charge in [-0.25, -0.2) is 4.79 Å². The van der Waals surface area contributed by atoms with Gasteiger partial charge < -0.3 is 14.8 Å². The van der Waals surface area contributed by atoms with Gasteiger partial charge in [0.25, 0.3) is 0 Å². The van der Waals surface area contributed by atoms with Crippen molar-refractivity contribution in [3.63, 3.8) is 0 Å². The topological polar surface area (TPSA) is 71.3 Å². The molecule has 5 heteroatoms. The molecular weight excluding hydrogens is 268 g/mol. The van der Waals surface area contributed by atoms with Gasteiger partial charge in [-0.2, -0.15) is 5.26 Å². The predicted octanol–water partition coefficient (Wildman–Crippen LogP) is 3.10. The molecule has 0 spiro atoms. The van der Waals surface area contributed by atoms with Crippen LogP contribution in [0.25, 0.3) is 0 Å². The monoisotopic (exact) mass is 282 g/mol. The molecule has 2 aromatic rings. The molecular formula is C16H14N2O3. The maximum Gasteiger partial charge on any atom is 0.340 e. The average molecular weight is 282 g/mol. The van der Waals surface area contributed by atoms with Crippen LogP contribution in [-0.4, -0.2) is 20.2 Å². The highest BCUT2D eigenvalue weighted by atomic mass is 16.5. The number of ether oxygens (including phenoxy) is 2. The van der Waals surface area contributed by atoms with Gasteiger partial charge in [-0.3, -0.25) is 0 Å². The number of nitrogens with zero attached hydrogens (tertiary/aromatic N) is 1. The zero-order valence-corrected chi connectivity index (χ0v) is 11.7. The second-order valence-corrected chi connectivity index (χ2v) is 4.22. The number of hydrogen-bond acceptors (Lipinski definition) is 5. The maximum atomic E-state index is 11.8. The molecule has 0 aliphatic rings. The molecule has 0 amide bonds. The Kier molecular flexibility index (Phi) is 4.42. The number of nitriles is 1. The first kappa shape index (κ1) is 14.4. The summed E-state index contributed by atoms with van der Waals surface area (Å²) in [4.78, 5) is 11.8. The van der Waals surface area contributed by atoms with Gasteiger partial charge in [-0.15, -0.1) is 0 Å². The van der Waals surface area contributed by atoms with Crippen molar-refractivity contribution in [2.75, 3.05) is 19.5 Å². The first-order chi connectivity index (χ1) is 10.2. The van der Waals surface area contributed by atoms with Crippen LogP contribution >= 0.6 is 0 Å². The molecule has 106 valence electrons. The lowest BCUT2D eigenvalue weighted by Crippen LogP contribution is -2.06. The van der Waals surface area contributed by atoms with E-state index in [1.54, 1.807) is 42.5 Å². The number of benzene rings is 2. The van der Waals surface area contributed by atoms with E-state index in [4.69, 9.17) is 14.7 Å². The summed E-state index contributed by atoms with van der Waals surface area (Å²) < 4.78 is 9.89. The highest BCUT2D eigenvalue weighted by molar-refractivity contribution is 5.97. The molecule has 2 aromatic carbocycles. The van der Waals surface area contributed by atoms with Gasteiger partial charge in [0.05, 0.1) is 37.1 Å². The van der Waals surface area contributed by atoms with E-state index in [1.807, 2.05) is 0 Å². The summed E-state index contributed by atoms with van der Waals surface area (Å²) in [5.74, 6) is 0.117. The van der Waals surface area contributed by atoms with Crippen molar-refractivity contribution in [2.45, 2.75) is 0 Å². The normalized spacial score (nSPS) is 9.57. The van der Waals surface area contributed by atoms with Crippen LogP contribution in [0.1, 0.15) is 15.9 Å². The van der Waals surface area contributed by atoms with Crippen molar-refractivity contribution < 1.29 is 14.3 Å². The highest BCUT2D eigenvalue weighted by Crippen LogP contribution is 2.26. The Morgan fingerprint density at radius 2 is 1.86 bits per heavy atom. The number of carbonyl (C=O) groups is 1. The molecule has 2 rings (SSSR count). The highest BCUT2D eigenvalue weighted by Gasteiger charge is 2.13. The summed E-state index contributed by atoms with van der Waals surface area (Å²) in [7, 11) is 2.86. The van der Waals surface area contributed by atoms with E-state index in [0.717, 1.165) is 5.69 Å². The fourth-order valence-corrected chi connectivity index (χ4v) is 1.82. The van der Waals surface area contributed by atoms with Crippen LogP contribution in [0.3, 0.4) is 0 Å². The van der Waals surface area contributed by atoms with Gasteiger partial charge in [0, 0.05) is 5.69 Å². The van der Waals surface area contributed by atoms with Crippen LogP contribution in [0.5, 0.6) is 5.75 Å². The zero-order valence-electron chi connectivity index (χ0n) is 11.7. The summed E-state index contributed by atoms with van der Waals surface area (Å²) >= 11 is 0. The van der Waals surface area contributed by atoms with Crippen LogP contribution in [0.4, 0.5) is 11.4 Å². The Bertz CT molecular complexity index is 688. The molecule has 5 nitrogen and oxygen atoms in total. The summed E-state index contributed by atoms with van der Waals surface area (Å²) in [5.41, 5.74) is 2.32. The fraction of sp³-hybridized carbons (Fsp3) is 0.125. The van der Waals surface area contributed by atoms with Gasteiger partial charge in [0.15, 0.2) is 0 Å². The Morgan fingerprint density at radius 3 is 2.43 bits per heavy atom. The standard InChI is InChI=1S/C16H14N2O3/c1-20-13-7-8-15(14(9-13)16(19)21-2)18-12-5-3-11(10-17)4-6-12/h3-9,18H,1-2H3. The van der Waals surface area contributed by atoms with E-state index in [2.05, 4.69) is 11.4 Å². The molecule has 0 atom stereocenters. The van der Waals surface area contributed by atoms with Crippen LogP contribution in [0.2, 0.25) is 0 Å². The van der Waals surface area contributed by atoms with Crippen molar-refractivity contribution in [1.82, 2.24) is 0 Å². The molecule has 0 unspecified atom stereocenters. The molecule has 0 aliphatic carbocycles. The largest absolute Gasteiger partial charge is 0.497 e. The first-order valence-electron chi connectivity index (χ1n) is 6.21. The third kappa shape index (κ3) is 3.31. The summed E-state index contributed by atoms with van der Waals surface area (Å²) in [6.45, 7) is 0. The van der Waals surface area contributed by atoms with E-state index < -0.39 is 5.97 Å². The molecule has 0 fully saturated rings. The van der Waals surface area contributed by atoms with E-state index in [-0.39, 0.29) is 0 Å². The van der Waals surface area contributed by atoms with E-state index >= 15 is 0 Å². The second-order valence-electron chi connectivity index (χ2n) is 4.22. The Labute approximate surface area is 122 Å². The number of methoxy groups -OCH3 is 2. The van der Waals surface area contributed by atoms with Crippen molar-refractivity contribution in [2.24, 2.45) is 0 Å². The summed E-state index contributed by atoms with van der Waals surface area (Å²) in [6.07, 6.45) is 0. The van der Waals surface area contributed by atoms with E-state index in [9.17, 15) is 4.79 Å². The lowest BCUT2D eigenvalue weighted by atomic mass is 10.1. The molecule has 0 bridgehead atoms. The number of hydrogen-bond donors (Lipinski definition) is 1. The first-order valence-corrected chi connectivity index (χ1v) is 6.21. The molecule has 21 heavy (non-hydrogen) atoms. The van der Waals surface area contributed by atoms with Gasteiger partial charge in [0.2, 0.25) is 0 Å². The zero-order chi connectivity index (χ0) is 15.2. The van der Waals surface area contributed by atoms with Crippen molar-refractivity contribution in [3.05, 3.63) is 53.6 Å². The molecule has 0 saturated heterocycles. The summed E-state index contributed by atoms with van der Waals surface area (Å²) in [5, 5.41) is 11.9. The van der Waals surface area contributed by atoms with Crippen LogP contribution in [0.15, 0.2) is 42.5 Å². The second kappa shape index (κ2) is 6.44. The van der Waals surface area contributed by atoms with Crippen LogP contribution in [-0.2, 0) is 4.74 Å². The van der Waals surface area contributed by atoms with E-state index in [0.29, 0.717) is 22.6 Å². The lowest BCUT2D eigenvalue weighted by molar-refractivity contribution is 0.0601. The van der Waals surface area contributed by atoms with Crippen LogP contribution < -0.4 is 10.1 Å². The van der Waals surface area contributed by atoms with Gasteiger partial charge in [-0.1, -0.05) is 0 Å². The van der Waals surface area contributed by atoms with E-state index in [1.165, 1.54) is 14.2 Å². The molecule has 0 saturated carbocycles. The maximum absolute atomic E-state index is 11.8. The molecule has 0 aliphatic heterocycles. The minimum Gasteiger partial charge on any atom is -0.497 e. The SMILES string of the molecule is COC(=O)c1cc(OC)ccc1Nc1ccc(C#N)cc1. The molecule has 1 N–H and O–H groups in total. The number of esters is 1. The molecule has 0 radical (unpaired) electrons.